The molecule has 1 fully saturated rings. The normalized spacial score (nSPS) is 19.2. The first-order valence-electron chi connectivity index (χ1n) is 8.38. The highest BCUT2D eigenvalue weighted by Gasteiger charge is 2.30. The molecular formula is C19H21BrN4O2. The van der Waals surface area contributed by atoms with Gasteiger partial charge in [0.25, 0.3) is 0 Å². The lowest BCUT2D eigenvalue weighted by Crippen LogP contribution is -2.39. The Hall–Kier alpha value is -2.22. The second-order valence-electron chi connectivity index (χ2n) is 6.40. The van der Waals surface area contributed by atoms with Crippen molar-refractivity contribution in [2.45, 2.75) is 32.4 Å². The molecule has 3 rings (SSSR count). The molecule has 7 heteroatoms. The van der Waals surface area contributed by atoms with Crippen LogP contribution >= 0.6 is 15.9 Å². The van der Waals surface area contributed by atoms with Gasteiger partial charge in [0.1, 0.15) is 6.04 Å². The van der Waals surface area contributed by atoms with Gasteiger partial charge in [-0.1, -0.05) is 34.1 Å². The van der Waals surface area contributed by atoms with Crippen LogP contribution in [-0.2, 0) is 9.59 Å². The fraction of sp³-hybridized carbons (Fsp3) is 0.263. The summed E-state index contributed by atoms with van der Waals surface area (Å²) in [5, 5.41) is 5.66. The van der Waals surface area contributed by atoms with Gasteiger partial charge in [-0.05, 0) is 48.7 Å². The van der Waals surface area contributed by atoms with Crippen LogP contribution in [0.5, 0.6) is 0 Å². The number of nitrogens with one attached hydrogen (secondary N) is 4. The Morgan fingerprint density at radius 3 is 2.46 bits per heavy atom. The van der Waals surface area contributed by atoms with Gasteiger partial charge in [-0.2, -0.15) is 0 Å². The fourth-order valence-electron chi connectivity index (χ4n) is 2.92. The van der Waals surface area contributed by atoms with Crippen LogP contribution in [0.15, 0.2) is 46.9 Å². The average molecular weight is 417 g/mol. The first kappa shape index (κ1) is 18.6. The number of carbonyl (C=O) groups is 2. The number of halogens is 1. The Balaban J connectivity index is 1.68. The molecule has 2 atom stereocenters. The first-order valence-corrected chi connectivity index (χ1v) is 9.17. The molecule has 1 aliphatic rings. The lowest BCUT2D eigenvalue weighted by atomic mass is 10.0. The van der Waals surface area contributed by atoms with Crippen LogP contribution < -0.4 is 21.5 Å². The molecule has 2 amide bonds. The van der Waals surface area contributed by atoms with Crippen molar-refractivity contribution in [3.05, 3.63) is 58.1 Å². The lowest BCUT2D eigenvalue weighted by molar-refractivity contribution is -0.118. The summed E-state index contributed by atoms with van der Waals surface area (Å²) in [6.45, 7) is 3.38. The van der Waals surface area contributed by atoms with E-state index < -0.39 is 0 Å². The van der Waals surface area contributed by atoms with Crippen molar-refractivity contribution in [1.82, 2.24) is 10.9 Å². The molecule has 0 spiro atoms. The van der Waals surface area contributed by atoms with Gasteiger partial charge < -0.3 is 10.6 Å². The highest BCUT2D eigenvalue weighted by molar-refractivity contribution is 9.10. The molecule has 1 aliphatic heterocycles. The smallest absolute Gasteiger partial charge is 0.242 e. The van der Waals surface area contributed by atoms with E-state index in [1.807, 2.05) is 43.3 Å². The third kappa shape index (κ3) is 4.49. The molecule has 1 heterocycles. The van der Waals surface area contributed by atoms with E-state index in [-0.39, 0.29) is 23.9 Å². The summed E-state index contributed by atoms with van der Waals surface area (Å²) >= 11 is 3.43. The van der Waals surface area contributed by atoms with Crippen molar-refractivity contribution in [3.8, 4) is 0 Å². The van der Waals surface area contributed by atoms with Gasteiger partial charge in [-0.3, -0.25) is 9.59 Å². The van der Waals surface area contributed by atoms with E-state index in [0.29, 0.717) is 17.8 Å². The molecule has 2 aromatic rings. The van der Waals surface area contributed by atoms with Crippen molar-refractivity contribution >= 4 is 39.1 Å². The second-order valence-corrected chi connectivity index (χ2v) is 7.32. The summed E-state index contributed by atoms with van der Waals surface area (Å²) in [6.07, 6.45) is 0.634. The van der Waals surface area contributed by atoms with Gasteiger partial charge >= 0.3 is 0 Å². The van der Waals surface area contributed by atoms with Crippen LogP contribution in [0.25, 0.3) is 0 Å². The van der Waals surface area contributed by atoms with E-state index in [1.54, 1.807) is 6.07 Å². The predicted molar refractivity (Wildman–Crippen MR) is 106 cm³/mol. The number of aryl methyl sites for hydroxylation is 1. The van der Waals surface area contributed by atoms with Crippen LogP contribution in [-0.4, -0.2) is 17.9 Å². The summed E-state index contributed by atoms with van der Waals surface area (Å²) in [5.41, 5.74) is 9.53. The number of hydrogen-bond acceptors (Lipinski definition) is 4. The van der Waals surface area contributed by atoms with Gasteiger partial charge in [0.2, 0.25) is 11.8 Å². The first-order chi connectivity index (χ1) is 12.4. The van der Waals surface area contributed by atoms with Gasteiger partial charge in [-0.15, -0.1) is 0 Å². The summed E-state index contributed by atoms with van der Waals surface area (Å²) in [7, 11) is 0. The summed E-state index contributed by atoms with van der Waals surface area (Å²) < 4.78 is 1.02. The minimum Gasteiger partial charge on any atom is -0.325 e. The number of hydrogen-bond donors (Lipinski definition) is 4. The summed E-state index contributed by atoms with van der Waals surface area (Å²) in [6, 6.07) is 13.2. The zero-order valence-electron chi connectivity index (χ0n) is 14.6. The van der Waals surface area contributed by atoms with E-state index >= 15 is 0 Å². The summed E-state index contributed by atoms with van der Waals surface area (Å²) in [5.74, 6) is -0.324. The van der Waals surface area contributed by atoms with Gasteiger partial charge in [-0.25, -0.2) is 10.9 Å². The Morgan fingerprint density at radius 2 is 1.77 bits per heavy atom. The number of amides is 2. The lowest BCUT2D eigenvalue weighted by Gasteiger charge is -2.15. The SMILES string of the molecule is CC(=O)Nc1ccc(C)cc1NC(=O)C1CC(c2ccc(Br)cc2)NN1. The van der Waals surface area contributed by atoms with E-state index in [1.165, 1.54) is 6.92 Å². The quantitative estimate of drug-likeness (QED) is 0.616. The van der Waals surface area contributed by atoms with Crippen LogP contribution in [0, 0.1) is 6.92 Å². The van der Waals surface area contributed by atoms with Crippen molar-refractivity contribution < 1.29 is 9.59 Å². The Bertz CT molecular complexity index is 823. The number of rotatable bonds is 4. The highest BCUT2D eigenvalue weighted by Crippen LogP contribution is 2.26. The standard InChI is InChI=1S/C19H21BrN4O2/c1-11-3-8-15(21-12(2)25)17(9-11)22-19(26)18-10-16(23-24-18)13-4-6-14(20)7-5-13/h3-9,16,18,23-24H,10H2,1-2H3,(H,21,25)(H,22,26). The molecule has 6 nitrogen and oxygen atoms in total. The molecule has 0 bridgehead atoms. The molecule has 0 aromatic heterocycles. The molecule has 4 N–H and O–H groups in total. The molecule has 26 heavy (non-hydrogen) atoms. The minimum absolute atomic E-state index is 0.0613. The maximum Gasteiger partial charge on any atom is 0.242 e. The zero-order chi connectivity index (χ0) is 18.7. The molecule has 2 unspecified atom stereocenters. The largest absolute Gasteiger partial charge is 0.325 e. The predicted octanol–water partition coefficient (Wildman–Crippen LogP) is 3.26. The molecular weight excluding hydrogens is 396 g/mol. The van der Waals surface area contributed by atoms with Gasteiger partial charge in [0.15, 0.2) is 0 Å². The van der Waals surface area contributed by atoms with Crippen LogP contribution in [0.1, 0.15) is 30.5 Å². The van der Waals surface area contributed by atoms with E-state index in [0.717, 1.165) is 15.6 Å². The van der Waals surface area contributed by atoms with Crippen LogP contribution in [0.2, 0.25) is 0 Å². The molecule has 136 valence electrons. The molecule has 0 saturated carbocycles. The fourth-order valence-corrected chi connectivity index (χ4v) is 3.19. The van der Waals surface area contributed by atoms with E-state index in [2.05, 4.69) is 37.4 Å². The molecule has 0 radical (unpaired) electrons. The van der Waals surface area contributed by atoms with Crippen molar-refractivity contribution in [2.24, 2.45) is 0 Å². The number of carbonyl (C=O) groups excluding carboxylic acids is 2. The van der Waals surface area contributed by atoms with E-state index in [4.69, 9.17) is 0 Å². The third-order valence-electron chi connectivity index (χ3n) is 4.24. The monoisotopic (exact) mass is 416 g/mol. The third-order valence-corrected chi connectivity index (χ3v) is 4.76. The zero-order valence-corrected chi connectivity index (χ0v) is 16.2. The van der Waals surface area contributed by atoms with Crippen molar-refractivity contribution in [3.63, 3.8) is 0 Å². The van der Waals surface area contributed by atoms with E-state index in [9.17, 15) is 9.59 Å². The Morgan fingerprint density at radius 1 is 1.04 bits per heavy atom. The van der Waals surface area contributed by atoms with Crippen LogP contribution in [0.4, 0.5) is 11.4 Å². The molecule has 2 aromatic carbocycles. The minimum atomic E-state index is -0.366. The number of hydrazine groups is 1. The van der Waals surface area contributed by atoms with Gasteiger partial charge in [0, 0.05) is 17.4 Å². The maximum absolute atomic E-state index is 12.7. The van der Waals surface area contributed by atoms with Crippen molar-refractivity contribution in [2.75, 3.05) is 10.6 Å². The summed E-state index contributed by atoms with van der Waals surface area (Å²) in [4.78, 5) is 24.0. The number of benzene rings is 2. The highest BCUT2D eigenvalue weighted by atomic mass is 79.9. The maximum atomic E-state index is 12.7. The Labute approximate surface area is 160 Å². The average Bonchev–Trinajstić information content (AvgIpc) is 3.08. The Kier molecular flexibility index (Phi) is 5.70. The molecule has 1 saturated heterocycles. The van der Waals surface area contributed by atoms with Gasteiger partial charge in [0.05, 0.1) is 11.4 Å². The van der Waals surface area contributed by atoms with Crippen LogP contribution in [0.3, 0.4) is 0 Å². The van der Waals surface area contributed by atoms with Crippen molar-refractivity contribution in [1.29, 1.82) is 0 Å². The number of anilines is 2. The molecule has 0 aliphatic carbocycles. The topological polar surface area (TPSA) is 82.3 Å². The second kappa shape index (κ2) is 7.99.